The average molecular weight is 412 g/mol. The molecule has 0 unspecified atom stereocenters. The van der Waals surface area contributed by atoms with Crippen LogP contribution in [0.4, 0.5) is 5.82 Å². The Morgan fingerprint density at radius 1 is 1.16 bits per heavy atom. The molecule has 0 spiro atoms. The first kappa shape index (κ1) is 19.5. The van der Waals surface area contributed by atoms with Crippen molar-refractivity contribution in [2.75, 3.05) is 5.73 Å². The zero-order chi connectivity index (χ0) is 21.8. The Labute approximate surface area is 180 Å². The number of nitrogens with zero attached hydrogens (tertiary/aromatic N) is 3. The minimum Gasteiger partial charge on any atom is -0.390 e. The summed E-state index contributed by atoms with van der Waals surface area (Å²) in [7, 11) is 0. The Hall–Kier alpha value is -3.51. The summed E-state index contributed by atoms with van der Waals surface area (Å²) in [4.78, 5) is 22.1. The molecule has 2 aromatic carbocycles. The molecule has 4 aromatic rings. The molecule has 0 saturated heterocycles. The Morgan fingerprint density at radius 2 is 1.90 bits per heavy atom. The Balaban J connectivity index is 1.59. The van der Waals surface area contributed by atoms with Crippen molar-refractivity contribution < 1.29 is 9.90 Å². The summed E-state index contributed by atoms with van der Waals surface area (Å²) in [6, 6.07) is 14.9. The van der Waals surface area contributed by atoms with Crippen LogP contribution in [0, 0.1) is 6.92 Å². The molecule has 1 aliphatic carbocycles. The van der Waals surface area contributed by atoms with Crippen molar-refractivity contribution in [1.29, 1.82) is 0 Å². The van der Waals surface area contributed by atoms with Gasteiger partial charge in [-0.2, -0.15) is 0 Å². The van der Waals surface area contributed by atoms with Crippen LogP contribution >= 0.6 is 0 Å². The SMILES string of the molecule is Cc1cc(C(=O)c2ccccc2)ccc1-c1nc([C@H]2C[C@](C)(O)C2)n2ccnc(N)c12. The van der Waals surface area contributed by atoms with Gasteiger partial charge in [-0.1, -0.05) is 42.5 Å². The topological polar surface area (TPSA) is 93.5 Å². The summed E-state index contributed by atoms with van der Waals surface area (Å²) < 4.78 is 1.99. The number of nitrogens with two attached hydrogens (primary N) is 1. The maximum Gasteiger partial charge on any atom is 0.193 e. The van der Waals surface area contributed by atoms with E-state index in [0.29, 0.717) is 29.8 Å². The Kier molecular flexibility index (Phi) is 4.41. The average Bonchev–Trinajstić information content (AvgIpc) is 3.12. The van der Waals surface area contributed by atoms with Gasteiger partial charge < -0.3 is 10.8 Å². The zero-order valence-electron chi connectivity index (χ0n) is 17.5. The number of aliphatic hydroxyl groups is 1. The molecule has 1 aliphatic rings. The molecule has 1 saturated carbocycles. The second kappa shape index (κ2) is 7.03. The fourth-order valence-electron chi connectivity index (χ4n) is 4.57. The normalized spacial score (nSPS) is 20.5. The Morgan fingerprint density at radius 3 is 2.58 bits per heavy atom. The van der Waals surface area contributed by atoms with Crippen molar-refractivity contribution >= 4 is 17.1 Å². The number of carbonyl (C=O) groups is 1. The van der Waals surface area contributed by atoms with E-state index in [0.717, 1.165) is 28.2 Å². The summed E-state index contributed by atoms with van der Waals surface area (Å²) in [6.45, 7) is 3.82. The summed E-state index contributed by atoms with van der Waals surface area (Å²) >= 11 is 0. The Bertz CT molecular complexity index is 1300. The van der Waals surface area contributed by atoms with Gasteiger partial charge in [0.05, 0.1) is 5.60 Å². The van der Waals surface area contributed by atoms with Crippen molar-refractivity contribution in [2.24, 2.45) is 0 Å². The number of rotatable bonds is 4. The number of anilines is 1. The summed E-state index contributed by atoms with van der Waals surface area (Å²) in [5, 5.41) is 10.2. The van der Waals surface area contributed by atoms with E-state index in [4.69, 9.17) is 10.7 Å². The molecule has 6 heteroatoms. The third kappa shape index (κ3) is 3.29. The van der Waals surface area contributed by atoms with E-state index in [2.05, 4.69) is 4.98 Å². The van der Waals surface area contributed by atoms with Gasteiger partial charge in [-0.05, 0) is 38.3 Å². The fourth-order valence-corrected chi connectivity index (χ4v) is 4.57. The first-order valence-electron chi connectivity index (χ1n) is 10.4. The molecule has 0 radical (unpaired) electrons. The highest BCUT2D eigenvalue weighted by molar-refractivity contribution is 6.09. The predicted molar refractivity (Wildman–Crippen MR) is 120 cm³/mol. The number of ketones is 1. The van der Waals surface area contributed by atoms with Crippen LogP contribution in [-0.4, -0.2) is 30.9 Å². The lowest BCUT2D eigenvalue weighted by atomic mass is 9.72. The van der Waals surface area contributed by atoms with Crippen molar-refractivity contribution in [3.8, 4) is 11.3 Å². The van der Waals surface area contributed by atoms with Gasteiger partial charge in [0.2, 0.25) is 0 Å². The number of carbonyl (C=O) groups excluding carboxylic acids is 1. The van der Waals surface area contributed by atoms with E-state index in [1.807, 2.05) is 73.0 Å². The summed E-state index contributed by atoms with van der Waals surface area (Å²) in [5.74, 6) is 1.45. The smallest absolute Gasteiger partial charge is 0.193 e. The van der Waals surface area contributed by atoms with Gasteiger partial charge in [0.1, 0.15) is 22.9 Å². The lowest BCUT2D eigenvalue weighted by Crippen LogP contribution is -2.40. The molecule has 0 amide bonds. The number of imidazole rings is 1. The fraction of sp³-hybridized carbons (Fsp3) is 0.240. The molecule has 0 atom stereocenters. The monoisotopic (exact) mass is 412 g/mol. The molecule has 156 valence electrons. The number of fused-ring (bicyclic) bond motifs is 1. The van der Waals surface area contributed by atoms with Gasteiger partial charge in [-0.3, -0.25) is 9.20 Å². The van der Waals surface area contributed by atoms with Gasteiger partial charge in [0, 0.05) is 35.0 Å². The molecule has 5 rings (SSSR count). The minimum absolute atomic E-state index is 0.0106. The number of aryl methyl sites for hydroxylation is 1. The predicted octanol–water partition coefficient (Wildman–Crippen LogP) is 4.15. The van der Waals surface area contributed by atoms with E-state index < -0.39 is 5.60 Å². The molecule has 2 heterocycles. The molecular weight excluding hydrogens is 388 g/mol. The third-order valence-electron chi connectivity index (χ3n) is 6.13. The van der Waals surface area contributed by atoms with E-state index >= 15 is 0 Å². The van der Waals surface area contributed by atoms with Crippen LogP contribution in [0.25, 0.3) is 16.8 Å². The maximum absolute atomic E-state index is 12.8. The first-order valence-corrected chi connectivity index (χ1v) is 10.4. The number of hydrogen-bond acceptors (Lipinski definition) is 5. The van der Waals surface area contributed by atoms with Crippen LogP contribution in [0.2, 0.25) is 0 Å². The van der Waals surface area contributed by atoms with Crippen LogP contribution in [0.1, 0.15) is 53.0 Å². The molecule has 31 heavy (non-hydrogen) atoms. The first-order chi connectivity index (χ1) is 14.8. The van der Waals surface area contributed by atoms with Crippen LogP contribution in [-0.2, 0) is 0 Å². The standard InChI is InChI=1S/C25H24N4O2/c1-15-12-17(22(30)16-6-4-3-5-7-16)8-9-19(15)20-21-23(26)27-10-11-29(21)24(28-20)18-13-25(2,31)14-18/h3-12,18,31H,13-14H2,1-2H3,(H2,26,27)/t18-,25-. The van der Waals surface area contributed by atoms with Crippen LogP contribution in [0.15, 0.2) is 60.9 Å². The van der Waals surface area contributed by atoms with Crippen LogP contribution in [0.3, 0.4) is 0 Å². The molecule has 0 aliphatic heterocycles. The van der Waals surface area contributed by atoms with Gasteiger partial charge in [0.15, 0.2) is 5.78 Å². The molecule has 1 fully saturated rings. The third-order valence-corrected chi connectivity index (χ3v) is 6.13. The largest absolute Gasteiger partial charge is 0.390 e. The molecule has 3 N–H and O–H groups in total. The highest BCUT2D eigenvalue weighted by Gasteiger charge is 2.41. The highest BCUT2D eigenvalue weighted by atomic mass is 16.3. The van der Waals surface area contributed by atoms with Crippen molar-refractivity contribution in [2.45, 2.75) is 38.2 Å². The maximum atomic E-state index is 12.8. The van der Waals surface area contributed by atoms with Gasteiger partial charge in [-0.15, -0.1) is 0 Å². The van der Waals surface area contributed by atoms with Gasteiger partial charge in [-0.25, -0.2) is 9.97 Å². The van der Waals surface area contributed by atoms with Gasteiger partial charge >= 0.3 is 0 Å². The minimum atomic E-state index is -0.648. The molecule has 6 nitrogen and oxygen atoms in total. The quantitative estimate of drug-likeness (QED) is 0.491. The van der Waals surface area contributed by atoms with Crippen molar-refractivity contribution in [3.05, 3.63) is 83.4 Å². The number of aromatic nitrogens is 3. The van der Waals surface area contributed by atoms with Gasteiger partial charge in [0.25, 0.3) is 0 Å². The highest BCUT2D eigenvalue weighted by Crippen LogP contribution is 2.45. The number of benzene rings is 2. The van der Waals surface area contributed by atoms with Crippen LogP contribution in [0.5, 0.6) is 0 Å². The summed E-state index contributed by atoms with van der Waals surface area (Å²) in [6.07, 6.45) is 4.87. The lowest BCUT2D eigenvalue weighted by Gasteiger charge is -2.40. The molecular formula is C25H24N4O2. The number of nitrogen functional groups attached to an aromatic ring is 1. The van der Waals surface area contributed by atoms with Crippen molar-refractivity contribution in [3.63, 3.8) is 0 Å². The van der Waals surface area contributed by atoms with E-state index in [-0.39, 0.29) is 11.7 Å². The second-order valence-electron chi connectivity index (χ2n) is 8.68. The van der Waals surface area contributed by atoms with Crippen molar-refractivity contribution in [1.82, 2.24) is 14.4 Å². The number of hydrogen-bond donors (Lipinski definition) is 2. The van der Waals surface area contributed by atoms with E-state index in [9.17, 15) is 9.90 Å². The summed E-state index contributed by atoms with van der Waals surface area (Å²) in [5.41, 5.74) is 10.3. The van der Waals surface area contributed by atoms with E-state index in [1.165, 1.54) is 0 Å². The molecule has 2 aromatic heterocycles. The molecule has 0 bridgehead atoms. The zero-order valence-corrected chi connectivity index (χ0v) is 17.5. The second-order valence-corrected chi connectivity index (χ2v) is 8.68. The lowest BCUT2D eigenvalue weighted by molar-refractivity contribution is -0.0335. The van der Waals surface area contributed by atoms with Crippen LogP contribution < -0.4 is 5.73 Å². The van der Waals surface area contributed by atoms with E-state index in [1.54, 1.807) is 6.20 Å².